The number of rotatable bonds is 4. The number of aromatic nitrogens is 3. The van der Waals surface area contributed by atoms with Gasteiger partial charge in [-0.3, -0.25) is 0 Å². The van der Waals surface area contributed by atoms with Crippen molar-refractivity contribution in [1.82, 2.24) is 9.97 Å². The number of aryl methyl sites for hydroxylation is 1. The molecule has 29 heavy (non-hydrogen) atoms. The third-order valence-electron chi connectivity index (χ3n) is 5.10. The average molecular weight is 380 g/mol. The van der Waals surface area contributed by atoms with Gasteiger partial charge in [-0.05, 0) is 30.3 Å². The van der Waals surface area contributed by atoms with Crippen molar-refractivity contribution in [1.29, 1.82) is 0 Å². The molecule has 0 atom stereocenters. The molecule has 3 heterocycles. The number of hydrogen-bond donors (Lipinski definition) is 0. The van der Waals surface area contributed by atoms with Gasteiger partial charge < -0.3 is 9.47 Å². The maximum absolute atomic E-state index is 6.10. The van der Waals surface area contributed by atoms with Crippen LogP contribution < -0.4 is 14.0 Å². The van der Waals surface area contributed by atoms with E-state index in [2.05, 4.69) is 39.8 Å². The van der Waals surface area contributed by atoms with Gasteiger partial charge in [0.05, 0.1) is 22.4 Å². The third kappa shape index (κ3) is 2.59. The van der Waals surface area contributed by atoms with Crippen molar-refractivity contribution in [3.63, 3.8) is 0 Å². The van der Waals surface area contributed by atoms with Gasteiger partial charge in [0.1, 0.15) is 24.3 Å². The number of ether oxygens (including phenoxy) is 2. The molecule has 2 aromatic carbocycles. The first-order chi connectivity index (χ1) is 14.2. The zero-order valence-corrected chi connectivity index (χ0v) is 15.9. The topological polar surface area (TPSA) is 48.1 Å². The van der Waals surface area contributed by atoms with Gasteiger partial charge in [-0.2, -0.15) is 4.57 Å². The Balaban J connectivity index is 1.82. The van der Waals surface area contributed by atoms with Crippen LogP contribution in [0.5, 0.6) is 17.5 Å². The molecule has 0 aliphatic carbocycles. The molecule has 0 saturated heterocycles. The van der Waals surface area contributed by atoms with Crippen molar-refractivity contribution in [3.05, 3.63) is 91.6 Å². The molecule has 0 fully saturated rings. The predicted octanol–water partition coefficient (Wildman–Crippen LogP) is 4.88. The minimum absolute atomic E-state index is 0.313. The molecule has 2 aromatic heterocycles. The van der Waals surface area contributed by atoms with Crippen LogP contribution in [-0.4, -0.2) is 9.97 Å². The van der Waals surface area contributed by atoms with Gasteiger partial charge in [0.25, 0.3) is 0 Å². The molecular weight excluding hydrogens is 362 g/mol. The number of allylic oxidation sites excluding steroid dienone is 3. The summed E-state index contributed by atoms with van der Waals surface area (Å²) in [6.07, 6.45) is 6.84. The van der Waals surface area contributed by atoms with Gasteiger partial charge in [0.15, 0.2) is 0 Å². The Labute approximate surface area is 167 Å². The monoisotopic (exact) mass is 380 g/mol. The van der Waals surface area contributed by atoms with Gasteiger partial charge in [0.2, 0.25) is 11.2 Å². The van der Waals surface area contributed by atoms with Gasteiger partial charge in [-0.25, -0.2) is 9.97 Å². The molecule has 5 heteroatoms. The molecule has 0 bridgehead atoms. The van der Waals surface area contributed by atoms with Crippen molar-refractivity contribution < 1.29 is 14.0 Å². The Kier molecular flexibility index (Phi) is 3.88. The van der Waals surface area contributed by atoms with Crippen LogP contribution in [-0.2, 0) is 7.05 Å². The van der Waals surface area contributed by atoms with Gasteiger partial charge in [-0.1, -0.05) is 31.4 Å². The first kappa shape index (κ1) is 17.1. The number of benzene rings is 2. The highest BCUT2D eigenvalue weighted by atomic mass is 16.5. The number of fused-ring (bicyclic) bond motifs is 2. The predicted molar refractivity (Wildman–Crippen MR) is 113 cm³/mol. The summed E-state index contributed by atoms with van der Waals surface area (Å²) in [6, 6.07) is 14.1. The summed E-state index contributed by atoms with van der Waals surface area (Å²) in [5, 5.41) is 3.27. The van der Waals surface area contributed by atoms with Crippen LogP contribution >= 0.6 is 0 Å². The molecule has 4 aromatic rings. The highest BCUT2D eigenvalue weighted by Gasteiger charge is 2.30. The molecule has 0 N–H and O–H groups in total. The summed E-state index contributed by atoms with van der Waals surface area (Å²) in [7, 11) is 2.03. The quantitative estimate of drug-likeness (QED) is 0.374. The first-order valence-corrected chi connectivity index (χ1v) is 9.22. The molecule has 0 amide bonds. The summed E-state index contributed by atoms with van der Waals surface area (Å²) >= 11 is 0. The molecule has 0 spiro atoms. The van der Waals surface area contributed by atoms with E-state index in [0.29, 0.717) is 17.5 Å². The second-order valence-corrected chi connectivity index (χ2v) is 6.69. The van der Waals surface area contributed by atoms with Gasteiger partial charge in [-0.15, -0.1) is 0 Å². The summed E-state index contributed by atoms with van der Waals surface area (Å²) in [5.74, 6) is 2.18. The Morgan fingerprint density at radius 1 is 1.00 bits per heavy atom. The summed E-state index contributed by atoms with van der Waals surface area (Å²) in [6.45, 7) is 7.90. The van der Waals surface area contributed by atoms with Crippen LogP contribution in [0.2, 0.25) is 0 Å². The Hall–Kier alpha value is -3.99. The van der Waals surface area contributed by atoms with E-state index in [4.69, 9.17) is 9.47 Å². The van der Waals surface area contributed by atoms with Crippen molar-refractivity contribution in [3.8, 4) is 17.5 Å². The molecule has 5 nitrogen and oxygen atoms in total. The van der Waals surface area contributed by atoms with Crippen LogP contribution in [0.15, 0.2) is 85.9 Å². The standard InChI is InChI=1S/C24H18N3O2/c1-4-16-20(5-2)29-21-9-6-8-18-17-11-10-15(28-24-25-12-7-13-26-24)14-19(17)27(3)23(16)22(18)21/h4-14H,1-2H2,3H3/q+1. The molecule has 1 aliphatic rings. The third-order valence-corrected chi connectivity index (χ3v) is 5.10. The van der Waals surface area contributed by atoms with E-state index in [-0.39, 0.29) is 0 Å². The van der Waals surface area contributed by atoms with Crippen LogP contribution in [0.3, 0.4) is 0 Å². The van der Waals surface area contributed by atoms with Crippen LogP contribution in [0, 0.1) is 0 Å². The lowest BCUT2D eigenvalue weighted by Crippen LogP contribution is -2.35. The second-order valence-electron chi connectivity index (χ2n) is 6.69. The molecule has 0 saturated carbocycles. The number of nitrogens with zero attached hydrogens (tertiary/aromatic N) is 3. The van der Waals surface area contributed by atoms with Gasteiger partial charge >= 0.3 is 6.01 Å². The first-order valence-electron chi connectivity index (χ1n) is 9.22. The maximum Gasteiger partial charge on any atom is 0.321 e. The van der Waals surface area contributed by atoms with Crippen molar-refractivity contribution in [2.45, 2.75) is 0 Å². The molecule has 1 aliphatic heterocycles. The number of pyridine rings is 1. The molecule has 140 valence electrons. The number of hydrogen-bond acceptors (Lipinski definition) is 4. The lowest BCUT2D eigenvalue weighted by molar-refractivity contribution is -0.645. The Morgan fingerprint density at radius 3 is 2.59 bits per heavy atom. The van der Waals surface area contributed by atoms with Crippen molar-refractivity contribution in [2.75, 3.05) is 0 Å². The van der Waals surface area contributed by atoms with E-state index in [1.54, 1.807) is 24.5 Å². The van der Waals surface area contributed by atoms with Crippen molar-refractivity contribution in [2.24, 2.45) is 7.05 Å². The highest BCUT2D eigenvalue weighted by molar-refractivity contribution is 6.11. The Bertz CT molecular complexity index is 1340. The van der Waals surface area contributed by atoms with Crippen molar-refractivity contribution >= 4 is 27.2 Å². The normalized spacial score (nSPS) is 12.7. The molecule has 0 radical (unpaired) electrons. The lowest BCUT2D eigenvalue weighted by atomic mass is 9.96. The minimum atomic E-state index is 0.313. The summed E-state index contributed by atoms with van der Waals surface area (Å²) in [4.78, 5) is 8.28. The zero-order chi connectivity index (χ0) is 20.0. The van der Waals surface area contributed by atoms with Crippen LogP contribution in [0.4, 0.5) is 0 Å². The van der Waals surface area contributed by atoms with E-state index in [9.17, 15) is 0 Å². The lowest BCUT2D eigenvalue weighted by Gasteiger charge is -2.20. The van der Waals surface area contributed by atoms with E-state index < -0.39 is 0 Å². The molecule has 0 unspecified atom stereocenters. The fourth-order valence-corrected chi connectivity index (χ4v) is 3.85. The maximum atomic E-state index is 6.10. The van der Waals surface area contributed by atoms with E-state index in [1.807, 2.05) is 37.4 Å². The van der Waals surface area contributed by atoms with Crippen LogP contribution in [0.25, 0.3) is 27.2 Å². The smallest absolute Gasteiger partial charge is 0.321 e. The average Bonchev–Trinajstić information content (AvgIpc) is 2.77. The van der Waals surface area contributed by atoms with E-state index in [1.165, 1.54) is 0 Å². The van der Waals surface area contributed by atoms with E-state index >= 15 is 0 Å². The largest absolute Gasteiger partial charge is 0.456 e. The summed E-state index contributed by atoms with van der Waals surface area (Å²) in [5.41, 5.74) is 2.96. The Morgan fingerprint density at radius 2 is 1.83 bits per heavy atom. The van der Waals surface area contributed by atoms with Gasteiger partial charge in [0, 0.05) is 17.8 Å². The fraction of sp³-hybridized carbons (Fsp3) is 0.0417. The summed E-state index contributed by atoms with van der Waals surface area (Å²) < 4.78 is 14.1. The minimum Gasteiger partial charge on any atom is -0.456 e. The molecular formula is C24H18N3O2+. The SMILES string of the molecule is C=CC1=C(C=C)c2c3c(cccc3c3ccc(Oc4ncccn4)cc3[n+]2C)O1. The van der Waals surface area contributed by atoms with E-state index in [0.717, 1.165) is 38.7 Å². The molecule has 5 rings (SSSR count). The zero-order valence-electron chi connectivity index (χ0n) is 15.9. The van der Waals surface area contributed by atoms with Crippen LogP contribution in [0.1, 0.15) is 5.69 Å². The fourth-order valence-electron chi connectivity index (χ4n) is 3.85. The second kappa shape index (κ2) is 6.56. The highest BCUT2D eigenvalue weighted by Crippen LogP contribution is 2.41.